The number of rotatable bonds is 5. The summed E-state index contributed by atoms with van der Waals surface area (Å²) in [5.74, 6) is 0.817. The largest absolute Gasteiger partial charge is 0.361 e. The normalized spacial score (nSPS) is 20.8. The Bertz CT molecular complexity index is 726. The van der Waals surface area contributed by atoms with Crippen molar-refractivity contribution in [1.82, 2.24) is 25.5 Å². The highest BCUT2D eigenvalue weighted by Gasteiger charge is 2.30. The van der Waals surface area contributed by atoms with Crippen molar-refractivity contribution >= 4 is 12.0 Å². The number of carbonyl (C=O) groups is 1. The molecule has 1 N–H and O–H groups in total. The van der Waals surface area contributed by atoms with Gasteiger partial charge in [-0.1, -0.05) is 22.9 Å². The van der Waals surface area contributed by atoms with Crippen LogP contribution in [0.15, 0.2) is 16.8 Å². The van der Waals surface area contributed by atoms with Crippen LogP contribution in [0.4, 0.5) is 0 Å². The summed E-state index contributed by atoms with van der Waals surface area (Å²) in [7, 11) is 0. The number of aryl methyl sites for hydroxylation is 2. The molecule has 0 bridgehead atoms. The zero-order chi connectivity index (χ0) is 17.1. The molecule has 0 aliphatic heterocycles. The lowest BCUT2D eigenvalue weighted by Gasteiger charge is -2.20. The van der Waals surface area contributed by atoms with E-state index in [0.29, 0.717) is 22.9 Å². The number of nitrogens with one attached hydrogen (secondary N) is 1. The molecule has 0 unspecified atom stereocenters. The smallest absolute Gasteiger partial charge is 0.257 e. The fourth-order valence-corrected chi connectivity index (χ4v) is 3.38. The summed E-state index contributed by atoms with van der Waals surface area (Å²) in [5.41, 5.74) is 2.04. The van der Waals surface area contributed by atoms with Gasteiger partial charge in [-0.3, -0.25) is 9.48 Å². The van der Waals surface area contributed by atoms with Crippen LogP contribution in [0.2, 0.25) is 0 Å². The van der Waals surface area contributed by atoms with Crippen molar-refractivity contribution in [2.24, 2.45) is 5.92 Å². The van der Waals surface area contributed by atoms with E-state index in [2.05, 4.69) is 20.8 Å². The molecule has 7 nitrogen and oxygen atoms in total. The zero-order valence-electron chi connectivity index (χ0n) is 14.3. The third-order valence-electron chi connectivity index (χ3n) is 4.55. The monoisotopic (exact) mass is 329 g/mol. The minimum Gasteiger partial charge on any atom is -0.361 e. The summed E-state index contributed by atoms with van der Waals surface area (Å²) < 4.78 is 6.95. The average molecular weight is 329 g/mol. The Kier molecular flexibility index (Phi) is 4.78. The Morgan fingerprint density at radius 2 is 2.29 bits per heavy atom. The first-order valence-corrected chi connectivity index (χ1v) is 8.35. The third-order valence-corrected chi connectivity index (χ3v) is 4.55. The van der Waals surface area contributed by atoms with Crippen LogP contribution in [0.5, 0.6) is 0 Å². The van der Waals surface area contributed by atoms with Crippen molar-refractivity contribution in [2.75, 3.05) is 0 Å². The quantitative estimate of drug-likeness (QED) is 0.911. The van der Waals surface area contributed by atoms with Gasteiger partial charge in [-0.05, 0) is 45.6 Å². The number of allylic oxidation sites excluding steroid dienone is 1. The van der Waals surface area contributed by atoms with Gasteiger partial charge in [-0.15, -0.1) is 5.10 Å². The molecule has 2 aromatic rings. The molecule has 128 valence electrons. The second-order valence-electron chi connectivity index (χ2n) is 6.34. The number of hydrogen-bond acceptors (Lipinski definition) is 5. The van der Waals surface area contributed by atoms with E-state index >= 15 is 0 Å². The molecular formula is C17H23N5O2. The molecule has 2 aromatic heterocycles. The SMILES string of the molecule is C/C=C/c1cn(C[C@@H]2CCC[C@@H]2NC(=O)c2c(C)noc2C)nn1. The van der Waals surface area contributed by atoms with Gasteiger partial charge in [0, 0.05) is 12.6 Å². The number of hydrogen-bond donors (Lipinski definition) is 1. The summed E-state index contributed by atoms with van der Waals surface area (Å²) in [6.45, 7) is 6.27. The van der Waals surface area contributed by atoms with E-state index in [9.17, 15) is 4.79 Å². The van der Waals surface area contributed by atoms with E-state index in [1.54, 1.807) is 13.8 Å². The molecule has 2 atom stereocenters. The maximum absolute atomic E-state index is 12.5. The summed E-state index contributed by atoms with van der Waals surface area (Å²) in [5, 5.41) is 15.3. The van der Waals surface area contributed by atoms with Crippen LogP contribution in [0.1, 0.15) is 53.7 Å². The third kappa shape index (κ3) is 3.39. The van der Waals surface area contributed by atoms with Gasteiger partial charge in [0.05, 0.1) is 11.9 Å². The number of nitrogens with zero attached hydrogens (tertiary/aromatic N) is 4. The van der Waals surface area contributed by atoms with Gasteiger partial charge in [-0.25, -0.2) is 0 Å². The highest BCUT2D eigenvalue weighted by atomic mass is 16.5. The van der Waals surface area contributed by atoms with Gasteiger partial charge in [0.25, 0.3) is 5.91 Å². The van der Waals surface area contributed by atoms with Crippen LogP contribution in [-0.2, 0) is 6.54 Å². The Hall–Kier alpha value is -2.44. The molecule has 0 spiro atoms. The van der Waals surface area contributed by atoms with Crippen LogP contribution in [-0.4, -0.2) is 32.1 Å². The van der Waals surface area contributed by atoms with Crippen molar-refractivity contribution in [3.8, 4) is 0 Å². The molecule has 1 aliphatic carbocycles. The highest BCUT2D eigenvalue weighted by molar-refractivity contribution is 5.96. The number of carbonyl (C=O) groups excluding carboxylic acids is 1. The van der Waals surface area contributed by atoms with Gasteiger partial charge in [0.2, 0.25) is 0 Å². The predicted octanol–water partition coefficient (Wildman–Crippen LogP) is 2.51. The first-order valence-electron chi connectivity index (χ1n) is 8.35. The molecule has 1 aliphatic rings. The lowest BCUT2D eigenvalue weighted by molar-refractivity contribution is 0.0923. The summed E-state index contributed by atoms with van der Waals surface area (Å²) in [4.78, 5) is 12.5. The molecule has 3 rings (SSSR count). The fourth-order valence-electron chi connectivity index (χ4n) is 3.38. The first kappa shape index (κ1) is 16.4. The molecule has 0 radical (unpaired) electrons. The first-order chi connectivity index (χ1) is 11.6. The van der Waals surface area contributed by atoms with Crippen LogP contribution < -0.4 is 5.32 Å². The number of amides is 1. The summed E-state index contributed by atoms with van der Waals surface area (Å²) >= 11 is 0. The summed E-state index contributed by atoms with van der Waals surface area (Å²) in [6, 6.07) is 0.139. The van der Waals surface area contributed by atoms with E-state index in [-0.39, 0.29) is 11.9 Å². The molecular weight excluding hydrogens is 306 g/mol. The topological polar surface area (TPSA) is 85.8 Å². The second kappa shape index (κ2) is 6.98. The van der Waals surface area contributed by atoms with Crippen molar-refractivity contribution in [3.05, 3.63) is 35.0 Å². The minimum absolute atomic E-state index is 0.101. The maximum Gasteiger partial charge on any atom is 0.257 e. The molecule has 1 amide bonds. The molecule has 1 saturated carbocycles. The van der Waals surface area contributed by atoms with Crippen LogP contribution in [0.25, 0.3) is 6.08 Å². The van der Waals surface area contributed by atoms with Gasteiger partial charge in [0.15, 0.2) is 0 Å². The van der Waals surface area contributed by atoms with Crippen molar-refractivity contribution in [2.45, 2.75) is 52.6 Å². The zero-order valence-corrected chi connectivity index (χ0v) is 14.3. The molecule has 0 aromatic carbocycles. The van der Waals surface area contributed by atoms with Gasteiger partial charge in [0.1, 0.15) is 17.0 Å². The van der Waals surface area contributed by atoms with Gasteiger partial charge >= 0.3 is 0 Å². The van der Waals surface area contributed by atoms with Gasteiger partial charge in [-0.2, -0.15) is 0 Å². The number of aromatic nitrogens is 4. The van der Waals surface area contributed by atoms with Crippen molar-refractivity contribution < 1.29 is 9.32 Å². The van der Waals surface area contributed by atoms with Crippen LogP contribution in [0.3, 0.4) is 0 Å². The Balaban J connectivity index is 1.66. The molecule has 7 heteroatoms. The predicted molar refractivity (Wildman–Crippen MR) is 89.3 cm³/mol. The second-order valence-corrected chi connectivity index (χ2v) is 6.34. The molecule has 0 saturated heterocycles. The highest BCUT2D eigenvalue weighted by Crippen LogP contribution is 2.27. The van der Waals surface area contributed by atoms with E-state index in [1.165, 1.54) is 0 Å². The molecule has 1 fully saturated rings. The minimum atomic E-state index is -0.101. The van der Waals surface area contributed by atoms with Crippen molar-refractivity contribution in [3.63, 3.8) is 0 Å². The van der Waals surface area contributed by atoms with E-state index in [4.69, 9.17) is 4.52 Å². The van der Waals surface area contributed by atoms with Crippen LogP contribution >= 0.6 is 0 Å². The average Bonchev–Trinajstić information content (AvgIpc) is 3.23. The van der Waals surface area contributed by atoms with Crippen molar-refractivity contribution in [1.29, 1.82) is 0 Å². The standard InChI is InChI=1S/C17H23N5O2/c1-4-6-14-10-22(21-19-14)9-13-7-5-8-15(13)18-17(23)16-11(2)20-24-12(16)3/h4,6,10,13,15H,5,7-9H2,1-3H3,(H,18,23)/b6-4+/t13-,15-/m0/s1. The maximum atomic E-state index is 12.5. The summed E-state index contributed by atoms with van der Waals surface area (Å²) in [6.07, 6.45) is 8.96. The lowest BCUT2D eigenvalue weighted by Crippen LogP contribution is -2.39. The Morgan fingerprint density at radius 3 is 3.00 bits per heavy atom. The van der Waals surface area contributed by atoms with Crippen LogP contribution in [0, 0.1) is 19.8 Å². The lowest BCUT2D eigenvalue weighted by atomic mass is 10.0. The van der Waals surface area contributed by atoms with E-state index in [0.717, 1.165) is 31.5 Å². The Labute approximate surface area is 141 Å². The Morgan fingerprint density at radius 1 is 1.46 bits per heavy atom. The molecule has 24 heavy (non-hydrogen) atoms. The van der Waals surface area contributed by atoms with E-state index < -0.39 is 0 Å². The van der Waals surface area contributed by atoms with Gasteiger partial charge < -0.3 is 9.84 Å². The molecule has 2 heterocycles. The fraction of sp³-hybridized carbons (Fsp3) is 0.529. The van der Waals surface area contributed by atoms with E-state index in [1.807, 2.05) is 30.0 Å².